The van der Waals surface area contributed by atoms with Crippen molar-refractivity contribution in [3.63, 3.8) is 0 Å². The quantitative estimate of drug-likeness (QED) is 0.124. The first-order chi connectivity index (χ1) is 18.4. The zero-order valence-electron chi connectivity index (χ0n) is 21.1. The summed E-state index contributed by atoms with van der Waals surface area (Å²) < 4.78 is 0. The molecule has 0 fully saturated rings. The minimum atomic E-state index is -0.471. The van der Waals surface area contributed by atoms with Crippen molar-refractivity contribution in [2.75, 3.05) is 24.6 Å². The SMILES string of the molecule is NC(N)=NCCCNCc1ccc(N2C=C3C=C(C[C@@H](CO)NC(=O)c4ccccc4)NC3NC2=O)cc1. The standard InChI is InChI=1S/C27H34N8O3/c28-26(29)31-12-4-11-30-15-18-7-9-23(10-8-18)35-16-20-13-21(32-24(20)34-27(35)38)14-22(17-36)33-25(37)19-5-2-1-3-6-19/h1-3,5-10,13,16,22,24,30,32,36H,4,11-12,14-15,17H2,(H,33,37)(H,34,38)(H4,28,29,31)/t22-,24?/m0/s1. The van der Waals surface area contributed by atoms with Crippen molar-refractivity contribution in [2.45, 2.75) is 31.6 Å². The number of nitrogens with one attached hydrogen (secondary N) is 4. The fourth-order valence-corrected chi connectivity index (χ4v) is 4.24. The van der Waals surface area contributed by atoms with E-state index in [0.717, 1.165) is 35.5 Å². The topological polar surface area (TPSA) is 170 Å². The van der Waals surface area contributed by atoms with Crippen molar-refractivity contribution in [3.05, 3.63) is 89.3 Å². The van der Waals surface area contributed by atoms with Crippen LogP contribution in [0.5, 0.6) is 0 Å². The summed E-state index contributed by atoms with van der Waals surface area (Å²) >= 11 is 0. The third-order valence-corrected chi connectivity index (χ3v) is 6.18. The van der Waals surface area contributed by atoms with E-state index < -0.39 is 6.04 Å². The molecule has 2 aromatic rings. The summed E-state index contributed by atoms with van der Waals surface area (Å²) in [6.45, 7) is 1.86. The van der Waals surface area contributed by atoms with Gasteiger partial charge in [0.05, 0.1) is 18.3 Å². The fraction of sp³-hybridized carbons (Fsp3) is 0.296. The Labute approximate surface area is 221 Å². The van der Waals surface area contributed by atoms with Crippen LogP contribution >= 0.6 is 0 Å². The predicted octanol–water partition coefficient (Wildman–Crippen LogP) is 0.847. The molecule has 11 nitrogen and oxygen atoms in total. The van der Waals surface area contributed by atoms with Gasteiger partial charge in [0, 0.05) is 42.5 Å². The molecular weight excluding hydrogens is 484 g/mol. The average Bonchev–Trinajstić information content (AvgIpc) is 3.31. The molecule has 4 rings (SSSR count). The largest absolute Gasteiger partial charge is 0.394 e. The van der Waals surface area contributed by atoms with Crippen LogP contribution in [0, 0.1) is 0 Å². The van der Waals surface area contributed by atoms with Crippen molar-refractivity contribution >= 4 is 23.6 Å². The summed E-state index contributed by atoms with van der Waals surface area (Å²) in [6, 6.07) is 15.9. The van der Waals surface area contributed by atoms with Crippen molar-refractivity contribution in [1.82, 2.24) is 21.3 Å². The molecule has 0 bridgehead atoms. The molecule has 2 aliphatic rings. The molecule has 38 heavy (non-hydrogen) atoms. The number of fused-ring (bicyclic) bond motifs is 1. The van der Waals surface area contributed by atoms with Gasteiger partial charge in [0.2, 0.25) is 0 Å². The van der Waals surface area contributed by atoms with Crippen LogP contribution in [0.3, 0.4) is 0 Å². The third-order valence-electron chi connectivity index (χ3n) is 6.18. The lowest BCUT2D eigenvalue weighted by Crippen LogP contribution is -2.52. The van der Waals surface area contributed by atoms with Gasteiger partial charge in [0.1, 0.15) is 6.17 Å². The molecule has 0 saturated carbocycles. The monoisotopic (exact) mass is 518 g/mol. The van der Waals surface area contributed by atoms with Crippen LogP contribution in [-0.2, 0) is 6.54 Å². The molecule has 11 heteroatoms. The Morgan fingerprint density at radius 2 is 1.87 bits per heavy atom. The zero-order valence-corrected chi connectivity index (χ0v) is 21.1. The molecule has 1 unspecified atom stereocenters. The molecule has 0 radical (unpaired) electrons. The van der Waals surface area contributed by atoms with Crippen molar-refractivity contribution in [2.24, 2.45) is 16.5 Å². The summed E-state index contributed by atoms with van der Waals surface area (Å²) in [5.41, 5.74) is 14.7. The smallest absolute Gasteiger partial charge is 0.327 e. The maximum absolute atomic E-state index is 12.8. The first-order valence-electron chi connectivity index (χ1n) is 12.5. The highest BCUT2D eigenvalue weighted by molar-refractivity contribution is 5.96. The Morgan fingerprint density at radius 1 is 1.11 bits per heavy atom. The Hall–Kier alpha value is -4.35. The molecule has 0 aromatic heterocycles. The molecule has 0 spiro atoms. The summed E-state index contributed by atoms with van der Waals surface area (Å²) in [5, 5.41) is 22.3. The number of aliphatic hydroxyl groups is 1. The molecule has 2 atom stereocenters. The number of rotatable bonds is 12. The number of benzene rings is 2. The normalized spacial score (nSPS) is 16.9. The van der Waals surface area contributed by atoms with E-state index in [2.05, 4.69) is 26.3 Å². The number of aliphatic hydroxyl groups excluding tert-OH is 1. The van der Waals surface area contributed by atoms with Crippen LogP contribution in [0.1, 0.15) is 28.8 Å². The Bertz CT molecular complexity index is 1210. The van der Waals surface area contributed by atoms with Gasteiger partial charge in [-0.3, -0.25) is 14.7 Å². The molecule has 2 aliphatic heterocycles. The summed E-state index contributed by atoms with van der Waals surface area (Å²) in [4.78, 5) is 30.8. The van der Waals surface area contributed by atoms with Gasteiger partial charge in [-0.25, -0.2) is 4.79 Å². The van der Waals surface area contributed by atoms with Crippen LogP contribution in [0.15, 0.2) is 83.1 Å². The molecule has 2 heterocycles. The summed E-state index contributed by atoms with van der Waals surface area (Å²) in [6.07, 6.45) is 4.61. The van der Waals surface area contributed by atoms with Crippen molar-refractivity contribution in [1.29, 1.82) is 0 Å². The highest BCUT2D eigenvalue weighted by atomic mass is 16.3. The highest BCUT2D eigenvalue weighted by Gasteiger charge is 2.31. The lowest BCUT2D eigenvalue weighted by atomic mass is 10.1. The van der Waals surface area contributed by atoms with E-state index in [9.17, 15) is 14.7 Å². The van der Waals surface area contributed by atoms with Gasteiger partial charge in [-0.1, -0.05) is 30.3 Å². The minimum Gasteiger partial charge on any atom is -0.394 e. The number of anilines is 1. The van der Waals surface area contributed by atoms with Crippen molar-refractivity contribution in [3.8, 4) is 0 Å². The Balaban J connectivity index is 1.33. The van der Waals surface area contributed by atoms with E-state index in [-0.39, 0.29) is 30.7 Å². The van der Waals surface area contributed by atoms with Gasteiger partial charge in [0.15, 0.2) is 5.96 Å². The Morgan fingerprint density at radius 3 is 2.58 bits per heavy atom. The number of aliphatic imine (C=N–C) groups is 1. The maximum atomic E-state index is 12.8. The lowest BCUT2D eigenvalue weighted by Gasteiger charge is -2.29. The second kappa shape index (κ2) is 12.7. The van der Waals surface area contributed by atoms with Crippen molar-refractivity contribution < 1.29 is 14.7 Å². The van der Waals surface area contributed by atoms with E-state index in [1.165, 1.54) is 0 Å². The number of amides is 3. The first kappa shape index (κ1) is 26.7. The van der Waals surface area contributed by atoms with E-state index in [1.807, 2.05) is 36.4 Å². The molecule has 0 saturated heterocycles. The molecule has 200 valence electrons. The number of nitrogens with zero attached hydrogens (tertiary/aromatic N) is 2. The maximum Gasteiger partial charge on any atom is 0.327 e. The van der Waals surface area contributed by atoms with Gasteiger partial charge in [-0.2, -0.15) is 0 Å². The second-order valence-corrected chi connectivity index (χ2v) is 9.12. The van der Waals surface area contributed by atoms with Crippen LogP contribution in [0.2, 0.25) is 0 Å². The molecular formula is C27H34N8O3. The van der Waals surface area contributed by atoms with E-state index >= 15 is 0 Å². The van der Waals surface area contributed by atoms with Gasteiger partial charge in [-0.05, 0) is 48.9 Å². The van der Waals surface area contributed by atoms with Gasteiger partial charge >= 0.3 is 6.03 Å². The predicted molar refractivity (Wildman–Crippen MR) is 147 cm³/mol. The Kier molecular flexibility index (Phi) is 8.96. The average molecular weight is 519 g/mol. The second-order valence-electron chi connectivity index (χ2n) is 9.12. The van der Waals surface area contributed by atoms with Crippen LogP contribution in [0.25, 0.3) is 0 Å². The van der Waals surface area contributed by atoms with Gasteiger partial charge in [-0.15, -0.1) is 0 Å². The zero-order chi connectivity index (χ0) is 26.9. The van der Waals surface area contributed by atoms with Crippen LogP contribution in [0.4, 0.5) is 10.5 Å². The van der Waals surface area contributed by atoms with E-state index in [4.69, 9.17) is 11.5 Å². The summed E-state index contributed by atoms with van der Waals surface area (Å²) in [5.74, 6) is -0.144. The molecule has 3 amide bonds. The number of guanidine groups is 1. The first-order valence-corrected chi connectivity index (χ1v) is 12.5. The minimum absolute atomic E-state index is 0.102. The van der Waals surface area contributed by atoms with Gasteiger partial charge in [0.25, 0.3) is 5.91 Å². The van der Waals surface area contributed by atoms with E-state index in [1.54, 1.807) is 35.4 Å². The number of carbonyl (C=O) groups excluding carboxylic acids is 2. The van der Waals surface area contributed by atoms with Gasteiger partial charge < -0.3 is 37.8 Å². The third kappa shape index (κ3) is 7.11. The highest BCUT2D eigenvalue weighted by Crippen LogP contribution is 2.26. The molecule has 0 aliphatic carbocycles. The lowest BCUT2D eigenvalue weighted by molar-refractivity contribution is 0.0916. The van der Waals surface area contributed by atoms with E-state index in [0.29, 0.717) is 25.1 Å². The number of nitrogens with two attached hydrogens (primary N) is 2. The number of hydrogen-bond acceptors (Lipinski definition) is 6. The molecule has 9 N–H and O–H groups in total. The molecule has 2 aromatic carbocycles. The summed E-state index contributed by atoms with van der Waals surface area (Å²) in [7, 11) is 0. The fourth-order valence-electron chi connectivity index (χ4n) is 4.24. The number of carbonyl (C=O) groups is 2. The number of hydrogen-bond donors (Lipinski definition) is 7. The number of urea groups is 1. The van der Waals surface area contributed by atoms with Crippen LogP contribution < -0.4 is 37.6 Å². The van der Waals surface area contributed by atoms with Crippen LogP contribution in [-0.4, -0.2) is 54.9 Å².